The fourth-order valence-corrected chi connectivity index (χ4v) is 1.23. The van der Waals surface area contributed by atoms with Crippen molar-refractivity contribution in [3.63, 3.8) is 0 Å². The van der Waals surface area contributed by atoms with Crippen LogP contribution in [0, 0.1) is 6.92 Å². The summed E-state index contributed by atoms with van der Waals surface area (Å²) in [4.78, 5) is 12.1. The molecule has 0 saturated heterocycles. The molecule has 0 atom stereocenters. The summed E-state index contributed by atoms with van der Waals surface area (Å²) >= 11 is 0. The topological polar surface area (TPSA) is 104 Å². The quantitative estimate of drug-likeness (QED) is 0.570. The summed E-state index contributed by atoms with van der Waals surface area (Å²) in [5.74, 6) is 5.86. The summed E-state index contributed by atoms with van der Waals surface area (Å²) in [6, 6.07) is 0.207. The van der Waals surface area contributed by atoms with E-state index >= 15 is 0 Å². The maximum Gasteiger partial charge on any atom is 0.323 e. The van der Waals surface area contributed by atoms with Crippen molar-refractivity contribution in [3.05, 3.63) is 18.0 Å². The maximum atomic E-state index is 5.28. The van der Waals surface area contributed by atoms with Gasteiger partial charge in [0.2, 0.25) is 5.95 Å². The van der Waals surface area contributed by atoms with Crippen LogP contribution in [0.3, 0.4) is 0 Å². The van der Waals surface area contributed by atoms with E-state index in [0.717, 1.165) is 5.56 Å². The summed E-state index contributed by atoms with van der Waals surface area (Å²) in [7, 11) is 0. The second kappa shape index (κ2) is 4.74. The highest BCUT2D eigenvalue weighted by Gasteiger charge is 2.08. The summed E-state index contributed by atoms with van der Waals surface area (Å²) in [6.07, 6.45) is 3.51. The number of rotatable bonds is 4. The molecule has 2 heterocycles. The Morgan fingerprint density at radius 3 is 2.82 bits per heavy atom. The second-order valence-corrected chi connectivity index (χ2v) is 3.28. The van der Waals surface area contributed by atoms with Crippen molar-refractivity contribution in [3.8, 4) is 12.0 Å². The number of nitrogens with zero attached hydrogens (tertiary/aromatic N) is 5. The van der Waals surface area contributed by atoms with Crippen LogP contribution in [-0.2, 0) is 0 Å². The van der Waals surface area contributed by atoms with Crippen LogP contribution in [0.5, 0.6) is 6.01 Å². The minimum Gasteiger partial charge on any atom is -0.464 e. The van der Waals surface area contributed by atoms with Gasteiger partial charge in [0.1, 0.15) is 0 Å². The number of anilines is 1. The summed E-state index contributed by atoms with van der Waals surface area (Å²) in [5, 5.41) is 4.10. The Morgan fingerprint density at radius 1 is 1.41 bits per heavy atom. The Labute approximate surface area is 97.8 Å². The molecule has 0 fully saturated rings. The van der Waals surface area contributed by atoms with Crippen LogP contribution in [-0.4, -0.2) is 31.3 Å². The molecule has 0 aromatic carbocycles. The minimum atomic E-state index is 0.207. The first-order chi connectivity index (χ1) is 8.22. The normalized spacial score (nSPS) is 10.3. The van der Waals surface area contributed by atoms with Gasteiger partial charge in [0.05, 0.1) is 12.8 Å². The Hall–Kier alpha value is -2.22. The van der Waals surface area contributed by atoms with Gasteiger partial charge in [-0.2, -0.15) is 20.1 Å². The van der Waals surface area contributed by atoms with E-state index in [2.05, 4.69) is 25.5 Å². The number of hydrogen-bond donors (Lipinski definition) is 2. The van der Waals surface area contributed by atoms with Gasteiger partial charge in [0.25, 0.3) is 5.95 Å². The number of aromatic nitrogens is 5. The number of nitrogen functional groups attached to an aromatic ring is 1. The number of hydrogen-bond acceptors (Lipinski definition) is 7. The van der Waals surface area contributed by atoms with Gasteiger partial charge in [-0.25, -0.2) is 10.5 Å². The van der Waals surface area contributed by atoms with Crippen molar-refractivity contribution in [2.24, 2.45) is 5.84 Å². The lowest BCUT2D eigenvalue weighted by molar-refractivity contribution is 0.311. The van der Waals surface area contributed by atoms with Crippen molar-refractivity contribution in [1.29, 1.82) is 0 Å². The molecule has 0 aliphatic heterocycles. The zero-order valence-electron chi connectivity index (χ0n) is 9.58. The fourth-order valence-electron chi connectivity index (χ4n) is 1.23. The Bertz CT molecular complexity index is 510. The van der Waals surface area contributed by atoms with Crippen molar-refractivity contribution >= 4 is 5.95 Å². The molecule has 0 amide bonds. The van der Waals surface area contributed by atoms with Gasteiger partial charge in [0.15, 0.2) is 0 Å². The zero-order valence-corrected chi connectivity index (χ0v) is 9.58. The van der Waals surface area contributed by atoms with E-state index in [4.69, 9.17) is 10.6 Å². The molecule has 0 spiro atoms. The van der Waals surface area contributed by atoms with E-state index < -0.39 is 0 Å². The molecule has 8 heteroatoms. The predicted octanol–water partition coefficient (Wildman–Crippen LogP) is 0.0500. The van der Waals surface area contributed by atoms with Crippen LogP contribution < -0.4 is 16.0 Å². The first-order valence-electron chi connectivity index (χ1n) is 5.10. The molecule has 2 aromatic rings. The van der Waals surface area contributed by atoms with Crippen LogP contribution in [0.4, 0.5) is 5.95 Å². The highest BCUT2D eigenvalue weighted by atomic mass is 16.5. The lowest BCUT2D eigenvalue weighted by atomic mass is 10.4. The Balaban J connectivity index is 2.42. The molecule has 0 aliphatic carbocycles. The molecule has 0 aliphatic rings. The molecule has 2 aromatic heterocycles. The van der Waals surface area contributed by atoms with E-state index in [1.54, 1.807) is 12.4 Å². The van der Waals surface area contributed by atoms with Crippen LogP contribution >= 0.6 is 0 Å². The molecule has 2 rings (SSSR count). The lowest BCUT2D eigenvalue weighted by Crippen LogP contribution is -2.14. The van der Waals surface area contributed by atoms with Gasteiger partial charge in [0, 0.05) is 6.20 Å². The Kier molecular flexibility index (Phi) is 3.15. The van der Waals surface area contributed by atoms with E-state index in [1.807, 2.05) is 13.8 Å². The smallest absolute Gasteiger partial charge is 0.323 e. The third-order valence-corrected chi connectivity index (χ3v) is 1.92. The Morgan fingerprint density at radius 2 is 2.24 bits per heavy atom. The number of aryl methyl sites for hydroxylation is 1. The molecule has 0 bridgehead atoms. The molecular weight excluding hydrogens is 222 g/mol. The maximum absolute atomic E-state index is 5.28. The van der Waals surface area contributed by atoms with Gasteiger partial charge in [-0.05, 0) is 19.4 Å². The minimum absolute atomic E-state index is 0.207. The standard InChI is InChI=1S/C9H13N7O/c1-3-17-9-13-7(15-10)12-8(14-9)16-5-6(2)4-11-16/h4-5H,3,10H2,1-2H3,(H,12,13,14,15). The number of hydrazine groups is 1. The van der Waals surface area contributed by atoms with Crippen molar-refractivity contribution in [1.82, 2.24) is 24.7 Å². The molecule has 17 heavy (non-hydrogen) atoms. The first kappa shape index (κ1) is 11.3. The molecule has 0 saturated carbocycles. The highest BCUT2D eigenvalue weighted by molar-refractivity contribution is 5.28. The van der Waals surface area contributed by atoms with E-state index in [9.17, 15) is 0 Å². The third-order valence-electron chi connectivity index (χ3n) is 1.92. The molecule has 90 valence electrons. The van der Waals surface area contributed by atoms with Gasteiger partial charge in [-0.1, -0.05) is 0 Å². The van der Waals surface area contributed by atoms with Crippen molar-refractivity contribution in [2.45, 2.75) is 13.8 Å². The number of ether oxygens (including phenoxy) is 1. The predicted molar refractivity (Wildman–Crippen MR) is 60.7 cm³/mol. The molecule has 0 radical (unpaired) electrons. The van der Waals surface area contributed by atoms with Gasteiger partial charge < -0.3 is 4.74 Å². The number of nitrogens with two attached hydrogens (primary N) is 1. The largest absolute Gasteiger partial charge is 0.464 e. The first-order valence-corrected chi connectivity index (χ1v) is 5.10. The van der Waals surface area contributed by atoms with E-state index in [-0.39, 0.29) is 12.0 Å². The monoisotopic (exact) mass is 235 g/mol. The molecule has 8 nitrogen and oxygen atoms in total. The third kappa shape index (κ3) is 2.48. The summed E-state index contributed by atoms with van der Waals surface area (Å²) in [6.45, 7) is 4.24. The highest BCUT2D eigenvalue weighted by Crippen LogP contribution is 2.10. The molecule has 3 N–H and O–H groups in total. The van der Waals surface area contributed by atoms with E-state index in [1.165, 1.54) is 4.68 Å². The average molecular weight is 235 g/mol. The summed E-state index contributed by atoms with van der Waals surface area (Å²) < 4.78 is 6.75. The second-order valence-electron chi connectivity index (χ2n) is 3.28. The zero-order chi connectivity index (χ0) is 12.3. The molecular formula is C9H13N7O. The SMILES string of the molecule is CCOc1nc(NN)nc(-n2cc(C)cn2)n1. The van der Waals surface area contributed by atoms with E-state index in [0.29, 0.717) is 12.6 Å². The van der Waals surface area contributed by atoms with Crippen LogP contribution in [0.25, 0.3) is 5.95 Å². The fraction of sp³-hybridized carbons (Fsp3) is 0.333. The average Bonchev–Trinajstić information content (AvgIpc) is 2.76. The lowest BCUT2D eigenvalue weighted by Gasteiger charge is -2.06. The van der Waals surface area contributed by atoms with Crippen LogP contribution in [0.1, 0.15) is 12.5 Å². The summed E-state index contributed by atoms with van der Waals surface area (Å²) in [5.41, 5.74) is 3.36. The van der Waals surface area contributed by atoms with Crippen molar-refractivity contribution in [2.75, 3.05) is 12.0 Å². The van der Waals surface area contributed by atoms with Crippen LogP contribution in [0.15, 0.2) is 12.4 Å². The van der Waals surface area contributed by atoms with Gasteiger partial charge in [-0.3, -0.25) is 5.43 Å². The number of nitrogens with one attached hydrogen (secondary N) is 1. The van der Waals surface area contributed by atoms with Gasteiger partial charge >= 0.3 is 6.01 Å². The van der Waals surface area contributed by atoms with Crippen molar-refractivity contribution < 1.29 is 4.74 Å². The molecule has 0 unspecified atom stereocenters. The van der Waals surface area contributed by atoms with Crippen LogP contribution in [0.2, 0.25) is 0 Å². The van der Waals surface area contributed by atoms with Gasteiger partial charge in [-0.15, -0.1) is 0 Å².